The third-order valence-corrected chi connectivity index (χ3v) is 5.93. The summed E-state index contributed by atoms with van der Waals surface area (Å²) in [7, 11) is 0. The molecule has 1 aliphatic rings. The van der Waals surface area contributed by atoms with E-state index in [1.54, 1.807) is 11.3 Å². The van der Waals surface area contributed by atoms with Gasteiger partial charge in [0.15, 0.2) is 0 Å². The summed E-state index contributed by atoms with van der Waals surface area (Å²) in [5, 5.41) is 7.13. The number of hydrogen-bond acceptors (Lipinski definition) is 6. The van der Waals surface area contributed by atoms with Gasteiger partial charge in [-0.05, 0) is 53.4 Å². The quantitative estimate of drug-likeness (QED) is 0.764. The van der Waals surface area contributed by atoms with Gasteiger partial charge in [-0.2, -0.15) is 4.98 Å². The summed E-state index contributed by atoms with van der Waals surface area (Å²) in [6.45, 7) is 7.21. The van der Waals surface area contributed by atoms with Crippen molar-refractivity contribution in [3.8, 4) is 10.7 Å². The zero-order chi connectivity index (χ0) is 17.8. The van der Waals surface area contributed by atoms with E-state index in [4.69, 9.17) is 4.52 Å². The Morgan fingerprint density at radius 3 is 3.08 bits per heavy atom. The van der Waals surface area contributed by atoms with Crippen LogP contribution in [0.3, 0.4) is 0 Å². The molecule has 25 heavy (non-hydrogen) atoms. The number of carbonyl (C=O) groups is 1. The number of hydrogen-bond donors (Lipinski definition) is 1. The maximum absolute atomic E-state index is 11.7. The van der Waals surface area contributed by atoms with Gasteiger partial charge in [-0.1, -0.05) is 19.0 Å². The molecule has 0 aromatic carbocycles. The lowest BCUT2D eigenvalue weighted by Crippen LogP contribution is -2.41. The molecule has 1 aliphatic heterocycles. The summed E-state index contributed by atoms with van der Waals surface area (Å²) in [4.78, 5) is 19.6. The summed E-state index contributed by atoms with van der Waals surface area (Å²) in [5.74, 6) is 1.93. The van der Waals surface area contributed by atoms with Gasteiger partial charge < -0.3 is 9.84 Å². The summed E-state index contributed by atoms with van der Waals surface area (Å²) in [5.41, 5.74) is 0. The fourth-order valence-electron chi connectivity index (χ4n) is 2.96. The number of nitrogens with one attached hydrogen (secondary N) is 1. The molecule has 0 radical (unpaired) electrons. The van der Waals surface area contributed by atoms with E-state index in [9.17, 15) is 4.79 Å². The Balaban J connectivity index is 1.52. The first kappa shape index (κ1) is 18.5. The molecule has 1 N–H and O–H groups in total. The first-order valence-corrected chi connectivity index (χ1v) is 10.2. The van der Waals surface area contributed by atoms with Gasteiger partial charge in [0, 0.05) is 19.0 Å². The van der Waals surface area contributed by atoms with Crippen molar-refractivity contribution in [1.82, 2.24) is 20.4 Å². The second kappa shape index (κ2) is 8.42. The first-order chi connectivity index (χ1) is 12.0. The van der Waals surface area contributed by atoms with Crippen molar-refractivity contribution < 1.29 is 9.32 Å². The number of carbonyl (C=O) groups excluding carboxylic acids is 1. The van der Waals surface area contributed by atoms with Crippen LogP contribution >= 0.6 is 27.3 Å². The van der Waals surface area contributed by atoms with Crippen molar-refractivity contribution in [3.05, 3.63) is 21.8 Å². The highest BCUT2D eigenvalue weighted by molar-refractivity contribution is 9.11. The molecular formula is C17H23BrN4O2S. The van der Waals surface area contributed by atoms with E-state index in [0.717, 1.165) is 41.1 Å². The Kier molecular flexibility index (Phi) is 6.24. The summed E-state index contributed by atoms with van der Waals surface area (Å²) < 4.78 is 6.47. The van der Waals surface area contributed by atoms with E-state index in [-0.39, 0.29) is 11.8 Å². The van der Waals surface area contributed by atoms with Crippen LogP contribution in [0.2, 0.25) is 0 Å². The maximum atomic E-state index is 11.7. The molecule has 1 saturated heterocycles. The predicted octanol–water partition coefficient (Wildman–Crippen LogP) is 3.54. The van der Waals surface area contributed by atoms with Crippen LogP contribution in [0.15, 0.2) is 20.4 Å². The zero-order valence-electron chi connectivity index (χ0n) is 14.5. The number of rotatable bonds is 6. The highest BCUT2D eigenvalue weighted by Gasteiger charge is 2.23. The Morgan fingerprint density at radius 1 is 1.52 bits per heavy atom. The number of likely N-dealkylation sites (tertiary alicyclic amines) is 1. The molecule has 0 aliphatic carbocycles. The molecular weight excluding hydrogens is 404 g/mol. The summed E-state index contributed by atoms with van der Waals surface area (Å²) >= 11 is 5.04. The van der Waals surface area contributed by atoms with Gasteiger partial charge in [-0.3, -0.25) is 9.69 Å². The van der Waals surface area contributed by atoms with Gasteiger partial charge in [0.25, 0.3) is 0 Å². The summed E-state index contributed by atoms with van der Waals surface area (Å²) in [6, 6.07) is 3.97. The lowest BCUT2D eigenvalue weighted by molar-refractivity contribution is -0.124. The van der Waals surface area contributed by atoms with Crippen molar-refractivity contribution in [2.75, 3.05) is 19.6 Å². The maximum Gasteiger partial charge on any atom is 0.241 e. The zero-order valence-corrected chi connectivity index (χ0v) is 16.9. The van der Waals surface area contributed by atoms with Gasteiger partial charge in [0.05, 0.1) is 15.2 Å². The Bertz CT molecular complexity index is 715. The normalized spacial score (nSPS) is 18.6. The molecule has 3 heterocycles. The molecule has 1 unspecified atom stereocenters. The van der Waals surface area contributed by atoms with E-state index in [1.807, 2.05) is 26.0 Å². The molecule has 0 bridgehead atoms. The molecule has 1 amide bonds. The second-order valence-corrected chi connectivity index (χ2v) is 9.22. The first-order valence-electron chi connectivity index (χ1n) is 8.59. The molecule has 0 saturated carbocycles. The number of amides is 1. The molecule has 2 aromatic rings. The molecule has 1 fully saturated rings. The van der Waals surface area contributed by atoms with Crippen molar-refractivity contribution in [2.24, 2.45) is 11.8 Å². The van der Waals surface area contributed by atoms with E-state index in [1.165, 1.54) is 0 Å². The predicted molar refractivity (Wildman–Crippen MR) is 101 cm³/mol. The monoisotopic (exact) mass is 426 g/mol. The van der Waals surface area contributed by atoms with Crippen LogP contribution in [-0.4, -0.2) is 40.6 Å². The fourth-order valence-corrected chi connectivity index (χ4v) is 4.27. The number of halogens is 1. The largest absolute Gasteiger partial charge is 0.356 e. The topological polar surface area (TPSA) is 71.3 Å². The third-order valence-electron chi connectivity index (χ3n) is 4.31. The van der Waals surface area contributed by atoms with Gasteiger partial charge in [-0.25, -0.2) is 0 Å². The molecule has 2 aromatic heterocycles. The average molecular weight is 427 g/mol. The van der Waals surface area contributed by atoms with Crippen LogP contribution in [0.1, 0.15) is 32.6 Å². The minimum Gasteiger partial charge on any atom is -0.356 e. The molecule has 1 atom stereocenters. The number of thiophene rings is 1. The second-order valence-electron chi connectivity index (χ2n) is 6.76. The number of aromatic nitrogens is 2. The van der Waals surface area contributed by atoms with Crippen molar-refractivity contribution >= 4 is 33.2 Å². The highest BCUT2D eigenvalue weighted by Crippen LogP contribution is 2.29. The smallest absolute Gasteiger partial charge is 0.241 e. The van der Waals surface area contributed by atoms with E-state index < -0.39 is 0 Å². The van der Waals surface area contributed by atoms with E-state index in [2.05, 4.69) is 36.3 Å². The fraction of sp³-hybridized carbons (Fsp3) is 0.588. The third kappa shape index (κ3) is 5.12. The molecule has 0 spiro atoms. The molecule has 136 valence electrons. The molecule has 3 rings (SSSR count). The van der Waals surface area contributed by atoms with Crippen LogP contribution < -0.4 is 5.32 Å². The van der Waals surface area contributed by atoms with E-state index >= 15 is 0 Å². The van der Waals surface area contributed by atoms with Crippen LogP contribution in [0, 0.1) is 11.8 Å². The van der Waals surface area contributed by atoms with Gasteiger partial charge >= 0.3 is 0 Å². The summed E-state index contributed by atoms with van der Waals surface area (Å²) in [6.07, 6.45) is 2.27. The highest BCUT2D eigenvalue weighted by atomic mass is 79.9. The standard InChI is InChI=1S/C17H23BrN4O2S/c1-11(2)17(23)19-8-12-4-3-7-22(9-12)10-15-20-16(21-24-15)13-5-6-14(18)25-13/h5-6,11-12H,3-4,7-10H2,1-2H3,(H,19,23). The minimum atomic E-state index is 0.0359. The van der Waals surface area contributed by atoms with Gasteiger partial charge in [-0.15, -0.1) is 11.3 Å². The van der Waals surface area contributed by atoms with E-state index in [0.29, 0.717) is 24.2 Å². The SMILES string of the molecule is CC(C)C(=O)NCC1CCCN(Cc2nc(-c3ccc(Br)s3)no2)C1. The molecule has 6 nitrogen and oxygen atoms in total. The van der Waals surface area contributed by atoms with Crippen molar-refractivity contribution in [1.29, 1.82) is 0 Å². The van der Waals surface area contributed by atoms with Gasteiger partial charge in [0.2, 0.25) is 17.6 Å². The number of piperidine rings is 1. The lowest BCUT2D eigenvalue weighted by atomic mass is 9.98. The van der Waals surface area contributed by atoms with Crippen LogP contribution in [0.5, 0.6) is 0 Å². The Morgan fingerprint density at radius 2 is 2.36 bits per heavy atom. The average Bonchev–Trinajstić information content (AvgIpc) is 3.22. The van der Waals surface area contributed by atoms with Crippen LogP contribution in [0.25, 0.3) is 10.7 Å². The van der Waals surface area contributed by atoms with Crippen molar-refractivity contribution in [3.63, 3.8) is 0 Å². The van der Waals surface area contributed by atoms with Crippen LogP contribution in [0.4, 0.5) is 0 Å². The Hall–Kier alpha value is -1.25. The number of nitrogens with zero attached hydrogens (tertiary/aromatic N) is 3. The van der Waals surface area contributed by atoms with Gasteiger partial charge in [0.1, 0.15) is 0 Å². The Labute approximate surface area is 160 Å². The minimum absolute atomic E-state index is 0.0359. The van der Waals surface area contributed by atoms with Crippen molar-refractivity contribution in [2.45, 2.75) is 33.2 Å². The van der Waals surface area contributed by atoms with Crippen LogP contribution in [-0.2, 0) is 11.3 Å². The molecule has 8 heteroatoms. The lowest BCUT2D eigenvalue weighted by Gasteiger charge is -2.31.